The molecule has 0 bridgehead atoms. The molecule has 1 aliphatic carbocycles. The zero-order chi connectivity index (χ0) is 20.2. The molecule has 2 aromatic carbocycles. The monoisotopic (exact) mass is 411 g/mol. The molecule has 1 aromatic heterocycles. The Morgan fingerprint density at radius 3 is 2.90 bits per heavy atom. The summed E-state index contributed by atoms with van der Waals surface area (Å²) in [4.78, 5) is 16.6. The molecule has 0 radical (unpaired) electrons. The number of aryl methyl sites for hydroxylation is 2. The first kappa shape index (κ1) is 19.8. The molecule has 152 valence electrons. The van der Waals surface area contributed by atoms with Crippen molar-refractivity contribution in [3.8, 4) is 5.75 Å². The van der Waals surface area contributed by atoms with Crippen LogP contribution < -0.4 is 10.1 Å². The van der Waals surface area contributed by atoms with Crippen LogP contribution in [-0.4, -0.2) is 28.6 Å². The number of fused-ring (bicyclic) bond motifs is 1. The fourth-order valence-electron chi connectivity index (χ4n) is 3.48. The Hall–Kier alpha value is -2.53. The Morgan fingerprint density at radius 2 is 2.10 bits per heavy atom. The molecular weight excluding hydrogens is 386 g/mol. The number of carbonyl (C=O) groups is 1. The molecule has 1 aliphatic rings. The van der Waals surface area contributed by atoms with Crippen molar-refractivity contribution in [1.82, 2.24) is 14.9 Å². The highest BCUT2D eigenvalue weighted by molar-refractivity contribution is 6.31. The van der Waals surface area contributed by atoms with Crippen LogP contribution in [0.5, 0.6) is 5.75 Å². The van der Waals surface area contributed by atoms with Crippen LogP contribution >= 0.6 is 11.6 Å². The number of hydrogen-bond acceptors (Lipinski definition) is 3. The molecular formula is C23H26ClN3O2. The van der Waals surface area contributed by atoms with Crippen molar-refractivity contribution in [1.29, 1.82) is 0 Å². The lowest BCUT2D eigenvalue weighted by Gasteiger charge is -2.12. The zero-order valence-corrected chi connectivity index (χ0v) is 17.4. The largest absolute Gasteiger partial charge is 0.492 e. The van der Waals surface area contributed by atoms with E-state index >= 15 is 0 Å². The van der Waals surface area contributed by atoms with Gasteiger partial charge in [0.05, 0.1) is 17.6 Å². The van der Waals surface area contributed by atoms with Gasteiger partial charge in [-0.05, 0) is 62.1 Å². The first-order chi connectivity index (χ1) is 14.1. The van der Waals surface area contributed by atoms with Gasteiger partial charge in [0.2, 0.25) is 5.91 Å². The van der Waals surface area contributed by atoms with Gasteiger partial charge in [-0.2, -0.15) is 0 Å². The van der Waals surface area contributed by atoms with Gasteiger partial charge in [0.1, 0.15) is 18.2 Å². The van der Waals surface area contributed by atoms with Gasteiger partial charge in [-0.3, -0.25) is 4.79 Å². The zero-order valence-electron chi connectivity index (χ0n) is 16.7. The van der Waals surface area contributed by atoms with Gasteiger partial charge in [0.25, 0.3) is 0 Å². The number of halogens is 1. The van der Waals surface area contributed by atoms with Gasteiger partial charge in [-0.1, -0.05) is 23.7 Å². The number of ether oxygens (including phenoxy) is 1. The summed E-state index contributed by atoms with van der Waals surface area (Å²) in [5, 5.41) is 3.78. The van der Waals surface area contributed by atoms with E-state index in [0.717, 1.165) is 58.9 Å². The molecule has 6 heteroatoms. The highest BCUT2D eigenvalue weighted by atomic mass is 35.5. The summed E-state index contributed by atoms with van der Waals surface area (Å²) < 4.78 is 8.17. The smallest absolute Gasteiger partial charge is 0.223 e. The van der Waals surface area contributed by atoms with Crippen LogP contribution in [0.3, 0.4) is 0 Å². The van der Waals surface area contributed by atoms with Gasteiger partial charge in [0.15, 0.2) is 0 Å². The second-order valence-electron chi connectivity index (χ2n) is 7.60. The molecule has 1 N–H and O–H groups in total. The van der Waals surface area contributed by atoms with Crippen molar-refractivity contribution < 1.29 is 9.53 Å². The number of rotatable bonds is 9. The Labute approximate surface area is 176 Å². The maximum absolute atomic E-state index is 11.8. The van der Waals surface area contributed by atoms with E-state index in [2.05, 4.69) is 16.0 Å². The summed E-state index contributed by atoms with van der Waals surface area (Å²) in [5.41, 5.74) is 3.11. The average molecular weight is 412 g/mol. The van der Waals surface area contributed by atoms with Crippen molar-refractivity contribution in [3.63, 3.8) is 0 Å². The van der Waals surface area contributed by atoms with Gasteiger partial charge < -0.3 is 14.6 Å². The number of para-hydroxylation sites is 2. The summed E-state index contributed by atoms with van der Waals surface area (Å²) in [7, 11) is 0. The molecule has 1 saturated carbocycles. The second-order valence-corrected chi connectivity index (χ2v) is 8.00. The molecule has 1 fully saturated rings. The molecule has 1 heterocycles. The second kappa shape index (κ2) is 8.87. The molecule has 1 amide bonds. The third kappa shape index (κ3) is 4.91. The Morgan fingerprint density at radius 1 is 1.28 bits per heavy atom. The molecule has 0 unspecified atom stereocenters. The van der Waals surface area contributed by atoms with E-state index in [-0.39, 0.29) is 11.8 Å². The van der Waals surface area contributed by atoms with E-state index in [1.807, 2.05) is 43.3 Å². The van der Waals surface area contributed by atoms with Crippen LogP contribution in [0.1, 0.15) is 30.7 Å². The standard InChI is InChI=1S/C23H26ClN3O2/c1-16-15-18(10-11-19(16)24)29-14-13-27-21-6-3-2-5-20(21)26-22(27)7-4-12-25-23(28)17-8-9-17/h2-3,5-6,10-11,15,17H,4,7-9,12-14H2,1H3,(H,25,28). The topological polar surface area (TPSA) is 56.1 Å². The van der Waals surface area contributed by atoms with Gasteiger partial charge >= 0.3 is 0 Å². The van der Waals surface area contributed by atoms with E-state index in [9.17, 15) is 4.79 Å². The molecule has 0 atom stereocenters. The molecule has 0 spiro atoms. The predicted octanol–water partition coefficient (Wildman–Crippen LogP) is 4.54. The van der Waals surface area contributed by atoms with Gasteiger partial charge in [-0.15, -0.1) is 0 Å². The molecule has 0 aliphatic heterocycles. The summed E-state index contributed by atoms with van der Waals surface area (Å²) in [6.45, 7) is 3.93. The van der Waals surface area contributed by atoms with Gasteiger partial charge in [-0.25, -0.2) is 4.98 Å². The van der Waals surface area contributed by atoms with E-state index in [1.54, 1.807) is 0 Å². The van der Waals surface area contributed by atoms with Crippen LogP contribution in [0.15, 0.2) is 42.5 Å². The normalized spacial score (nSPS) is 13.6. The molecule has 0 saturated heterocycles. The quantitative estimate of drug-likeness (QED) is 0.526. The van der Waals surface area contributed by atoms with Crippen molar-refractivity contribution >= 4 is 28.5 Å². The van der Waals surface area contributed by atoms with E-state index in [1.165, 1.54) is 0 Å². The third-order valence-corrected chi connectivity index (χ3v) is 5.70. The minimum Gasteiger partial charge on any atom is -0.492 e. The molecule has 4 rings (SSSR count). The van der Waals surface area contributed by atoms with Crippen LogP contribution in [0.2, 0.25) is 5.02 Å². The predicted molar refractivity (Wildman–Crippen MR) is 115 cm³/mol. The van der Waals surface area contributed by atoms with Gasteiger partial charge in [0, 0.05) is 23.9 Å². The minimum absolute atomic E-state index is 0.199. The minimum atomic E-state index is 0.199. The highest BCUT2D eigenvalue weighted by Gasteiger charge is 2.29. The fraction of sp³-hybridized carbons (Fsp3) is 0.391. The number of hydrogen-bond donors (Lipinski definition) is 1. The summed E-state index contributed by atoms with van der Waals surface area (Å²) in [5.74, 6) is 2.31. The Balaban J connectivity index is 1.38. The molecule has 3 aromatic rings. The SMILES string of the molecule is Cc1cc(OCCn2c(CCCNC(=O)C3CC3)nc3ccccc32)ccc1Cl. The lowest BCUT2D eigenvalue weighted by molar-refractivity contribution is -0.122. The van der Waals surface area contributed by atoms with Crippen molar-refractivity contribution in [2.24, 2.45) is 5.92 Å². The maximum Gasteiger partial charge on any atom is 0.223 e. The van der Waals surface area contributed by atoms with Crippen LogP contribution in [-0.2, 0) is 17.8 Å². The maximum atomic E-state index is 11.8. The lowest BCUT2D eigenvalue weighted by Crippen LogP contribution is -2.26. The number of benzene rings is 2. The van der Waals surface area contributed by atoms with Crippen LogP contribution in [0, 0.1) is 12.8 Å². The first-order valence-corrected chi connectivity index (χ1v) is 10.6. The van der Waals surface area contributed by atoms with Crippen molar-refractivity contribution in [3.05, 3.63) is 58.9 Å². The summed E-state index contributed by atoms with van der Waals surface area (Å²) >= 11 is 6.09. The van der Waals surface area contributed by atoms with E-state index in [0.29, 0.717) is 19.7 Å². The molecule has 29 heavy (non-hydrogen) atoms. The summed E-state index contributed by atoms with van der Waals surface area (Å²) in [6, 6.07) is 13.9. The van der Waals surface area contributed by atoms with E-state index in [4.69, 9.17) is 21.3 Å². The number of imidazole rings is 1. The number of nitrogens with one attached hydrogen (secondary N) is 1. The number of nitrogens with zero attached hydrogens (tertiary/aromatic N) is 2. The van der Waals surface area contributed by atoms with Crippen molar-refractivity contribution in [2.45, 2.75) is 39.2 Å². The lowest BCUT2D eigenvalue weighted by atomic mass is 10.2. The Bertz CT molecular complexity index is 1010. The highest BCUT2D eigenvalue weighted by Crippen LogP contribution is 2.28. The third-order valence-electron chi connectivity index (χ3n) is 5.27. The first-order valence-electron chi connectivity index (χ1n) is 10.2. The fourth-order valence-corrected chi connectivity index (χ4v) is 3.59. The van der Waals surface area contributed by atoms with E-state index < -0.39 is 0 Å². The van der Waals surface area contributed by atoms with Crippen LogP contribution in [0.4, 0.5) is 0 Å². The van der Waals surface area contributed by atoms with Crippen molar-refractivity contribution in [2.75, 3.05) is 13.2 Å². The molecule has 5 nitrogen and oxygen atoms in total. The average Bonchev–Trinajstić information content (AvgIpc) is 3.51. The summed E-state index contributed by atoms with van der Waals surface area (Å²) in [6.07, 6.45) is 3.77. The number of aromatic nitrogens is 2. The number of amides is 1. The van der Waals surface area contributed by atoms with Crippen LogP contribution in [0.25, 0.3) is 11.0 Å². The number of carbonyl (C=O) groups excluding carboxylic acids is 1. The Kier molecular flexibility index (Phi) is 6.05.